The molecule has 160 valence electrons. The molecule has 1 amide bonds. The molecule has 0 aliphatic heterocycles. The van der Waals surface area contributed by atoms with E-state index in [0.29, 0.717) is 19.4 Å². The third kappa shape index (κ3) is 7.92. The van der Waals surface area contributed by atoms with Crippen LogP contribution in [0.2, 0.25) is 0 Å². The van der Waals surface area contributed by atoms with Gasteiger partial charge in [-0.1, -0.05) is 37.1 Å². The number of carbonyl (C=O) groups is 3. The van der Waals surface area contributed by atoms with Crippen molar-refractivity contribution in [3.8, 4) is 0 Å². The van der Waals surface area contributed by atoms with E-state index in [1.807, 2.05) is 24.3 Å². The zero-order chi connectivity index (χ0) is 22.1. The van der Waals surface area contributed by atoms with E-state index in [1.54, 1.807) is 6.08 Å². The summed E-state index contributed by atoms with van der Waals surface area (Å²) in [7, 11) is 0. The molecule has 5 N–H and O–H groups in total. The van der Waals surface area contributed by atoms with Gasteiger partial charge in [-0.2, -0.15) is 13.2 Å². The van der Waals surface area contributed by atoms with Gasteiger partial charge in [0.2, 0.25) is 0 Å². The van der Waals surface area contributed by atoms with Crippen LogP contribution in [-0.4, -0.2) is 45.0 Å². The third-order valence-electron chi connectivity index (χ3n) is 4.26. The third-order valence-corrected chi connectivity index (χ3v) is 4.26. The van der Waals surface area contributed by atoms with Crippen LogP contribution >= 0.6 is 0 Å². The van der Waals surface area contributed by atoms with Crippen molar-refractivity contribution in [3.63, 3.8) is 0 Å². The second-order valence-electron chi connectivity index (χ2n) is 6.30. The van der Waals surface area contributed by atoms with Crippen LogP contribution in [-0.2, 0) is 20.9 Å². The number of alkyl halides is 3. The number of halogens is 3. The van der Waals surface area contributed by atoms with Gasteiger partial charge in [0, 0.05) is 12.6 Å². The van der Waals surface area contributed by atoms with Gasteiger partial charge < -0.3 is 10.2 Å². The van der Waals surface area contributed by atoms with Crippen molar-refractivity contribution in [3.05, 3.63) is 41.5 Å². The van der Waals surface area contributed by atoms with Crippen LogP contribution < -0.4 is 10.8 Å². The van der Waals surface area contributed by atoms with E-state index in [-0.39, 0.29) is 0 Å². The fourth-order valence-electron chi connectivity index (χ4n) is 2.67. The zero-order valence-corrected chi connectivity index (χ0v) is 15.2. The molecule has 0 atom stereocenters. The molecule has 0 unspecified atom stereocenters. The van der Waals surface area contributed by atoms with Crippen molar-refractivity contribution >= 4 is 23.9 Å². The van der Waals surface area contributed by atoms with Crippen molar-refractivity contribution in [2.45, 2.75) is 43.9 Å². The predicted octanol–water partition coefficient (Wildman–Crippen LogP) is 2.33. The van der Waals surface area contributed by atoms with E-state index in [0.717, 1.165) is 24.0 Å². The molecule has 1 aromatic rings. The number of carboxylic acids is 2. The van der Waals surface area contributed by atoms with Crippen molar-refractivity contribution in [1.82, 2.24) is 10.8 Å². The van der Waals surface area contributed by atoms with Gasteiger partial charge in [-0.05, 0) is 30.0 Å². The number of carboxylic acid groups (broad SMARTS) is 2. The van der Waals surface area contributed by atoms with E-state index in [4.69, 9.17) is 15.1 Å². The lowest BCUT2D eigenvalue weighted by atomic mass is 9.97. The predicted molar refractivity (Wildman–Crippen MR) is 94.8 cm³/mol. The standard InChI is InChI=1S/C16H20N2O4.C2HF3O2/c19-14(18-22)8-7-12-3-5-13(6-4-12)11-17-16(15(20)21)9-1-2-10-16;3-2(4,5)1(6)7/h3-8,17,22H,1-2,9-11H2,(H,18,19)(H,20,21);(H,6,7)/b8-7+;. The molecule has 1 saturated carbocycles. The van der Waals surface area contributed by atoms with Crippen LogP contribution in [0.5, 0.6) is 0 Å². The summed E-state index contributed by atoms with van der Waals surface area (Å²) in [5, 5.41) is 28.1. The Bertz CT molecular complexity index is 741. The lowest BCUT2D eigenvalue weighted by Gasteiger charge is -2.25. The second kappa shape index (κ2) is 10.6. The number of carbonyl (C=O) groups excluding carboxylic acids is 1. The number of nitrogens with one attached hydrogen (secondary N) is 2. The normalized spacial score (nSPS) is 15.4. The first-order chi connectivity index (χ1) is 13.5. The molecule has 1 aliphatic rings. The molecular weight excluding hydrogens is 397 g/mol. The highest BCUT2D eigenvalue weighted by atomic mass is 19.4. The molecule has 0 bridgehead atoms. The van der Waals surface area contributed by atoms with Crippen molar-refractivity contribution in [1.29, 1.82) is 0 Å². The summed E-state index contributed by atoms with van der Waals surface area (Å²) in [6.45, 7) is 0.493. The molecule has 2 rings (SSSR count). The Morgan fingerprint density at radius 2 is 1.59 bits per heavy atom. The molecule has 0 saturated heterocycles. The molecule has 1 aliphatic carbocycles. The molecule has 1 aromatic carbocycles. The summed E-state index contributed by atoms with van der Waals surface area (Å²) in [6.07, 6.45) is 0.939. The van der Waals surface area contributed by atoms with Gasteiger partial charge >= 0.3 is 18.1 Å². The first-order valence-corrected chi connectivity index (χ1v) is 8.50. The van der Waals surface area contributed by atoms with Crippen molar-refractivity contribution in [2.24, 2.45) is 0 Å². The maximum absolute atomic E-state index is 11.4. The SMILES string of the molecule is O=C(/C=C/c1ccc(CNC2(C(=O)O)CCCC2)cc1)NO.O=C(O)C(F)(F)F. The number of hydroxylamine groups is 1. The minimum atomic E-state index is -5.08. The largest absolute Gasteiger partial charge is 0.490 e. The fourth-order valence-corrected chi connectivity index (χ4v) is 2.67. The molecular formula is C18H21F3N2O6. The van der Waals surface area contributed by atoms with Gasteiger partial charge in [0.05, 0.1) is 0 Å². The highest BCUT2D eigenvalue weighted by Crippen LogP contribution is 2.30. The molecule has 29 heavy (non-hydrogen) atoms. The number of hydrogen-bond donors (Lipinski definition) is 5. The molecule has 11 heteroatoms. The number of amides is 1. The van der Waals surface area contributed by atoms with E-state index in [2.05, 4.69) is 5.32 Å². The second-order valence-corrected chi connectivity index (χ2v) is 6.30. The van der Waals surface area contributed by atoms with Crippen LogP contribution in [0.15, 0.2) is 30.3 Å². The lowest BCUT2D eigenvalue weighted by molar-refractivity contribution is -0.192. The smallest absolute Gasteiger partial charge is 0.480 e. The number of benzene rings is 1. The Kier molecular flexibility index (Phi) is 8.80. The number of hydrogen-bond acceptors (Lipinski definition) is 5. The molecule has 1 fully saturated rings. The van der Waals surface area contributed by atoms with Crippen molar-refractivity contribution in [2.75, 3.05) is 0 Å². The van der Waals surface area contributed by atoms with Gasteiger partial charge in [-0.15, -0.1) is 0 Å². The Morgan fingerprint density at radius 3 is 2.00 bits per heavy atom. The zero-order valence-electron chi connectivity index (χ0n) is 15.2. The molecule has 0 aromatic heterocycles. The first kappa shape index (κ1) is 24.1. The highest BCUT2D eigenvalue weighted by Gasteiger charge is 2.40. The summed E-state index contributed by atoms with van der Waals surface area (Å²) in [4.78, 5) is 31.2. The quantitative estimate of drug-likeness (QED) is 0.272. The van der Waals surface area contributed by atoms with Crippen LogP contribution in [0, 0.1) is 0 Å². The van der Waals surface area contributed by atoms with E-state index >= 15 is 0 Å². The van der Waals surface area contributed by atoms with Crippen LogP contribution in [0.4, 0.5) is 13.2 Å². The minimum Gasteiger partial charge on any atom is -0.480 e. The summed E-state index contributed by atoms with van der Waals surface area (Å²) >= 11 is 0. The Labute approximate surface area is 164 Å². The van der Waals surface area contributed by atoms with E-state index in [9.17, 15) is 27.9 Å². The van der Waals surface area contributed by atoms with Crippen LogP contribution in [0.25, 0.3) is 6.08 Å². The summed E-state index contributed by atoms with van der Waals surface area (Å²) in [6, 6.07) is 7.43. The topological polar surface area (TPSA) is 136 Å². The van der Waals surface area contributed by atoms with Crippen molar-refractivity contribution < 1.29 is 43.0 Å². The molecule has 0 radical (unpaired) electrons. The molecule has 0 heterocycles. The summed E-state index contributed by atoms with van der Waals surface area (Å²) < 4.78 is 31.7. The number of rotatable bonds is 6. The van der Waals surface area contributed by atoms with Crippen LogP contribution in [0.1, 0.15) is 36.8 Å². The monoisotopic (exact) mass is 418 g/mol. The maximum atomic E-state index is 11.4. The fraction of sp³-hybridized carbons (Fsp3) is 0.389. The minimum absolute atomic E-state index is 0.493. The first-order valence-electron chi connectivity index (χ1n) is 8.50. The molecule has 8 nitrogen and oxygen atoms in total. The van der Waals surface area contributed by atoms with Gasteiger partial charge in [0.25, 0.3) is 5.91 Å². The van der Waals surface area contributed by atoms with Gasteiger partial charge in [-0.3, -0.25) is 20.1 Å². The maximum Gasteiger partial charge on any atom is 0.490 e. The van der Waals surface area contributed by atoms with Gasteiger partial charge in [0.1, 0.15) is 5.54 Å². The van der Waals surface area contributed by atoms with E-state index in [1.165, 1.54) is 11.6 Å². The van der Waals surface area contributed by atoms with Gasteiger partial charge in [0.15, 0.2) is 0 Å². The Morgan fingerprint density at radius 1 is 1.07 bits per heavy atom. The summed E-state index contributed by atoms with van der Waals surface area (Å²) in [5.74, 6) is -4.12. The number of aliphatic carboxylic acids is 2. The summed E-state index contributed by atoms with van der Waals surface area (Å²) in [5.41, 5.74) is 2.53. The Balaban J connectivity index is 0.000000516. The van der Waals surface area contributed by atoms with Gasteiger partial charge in [-0.25, -0.2) is 10.3 Å². The van der Waals surface area contributed by atoms with E-state index < -0.39 is 29.6 Å². The Hall–Kier alpha value is -2.92. The van der Waals surface area contributed by atoms with Crippen LogP contribution in [0.3, 0.4) is 0 Å². The molecule has 0 spiro atoms. The average molecular weight is 418 g/mol. The lowest BCUT2D eigenvalue weighted by Crippen LogP contribution is -2.49. The highest BCUT2D eigenvalue weighted by molar-refractivity contribution is 5.90. The average Bonchev–Trinajstić information content (AvgIpc) is 3.15.